The molecule has 1 N–H and O–H groups in total. The van der Waals surface area contributed by atoms with Gasteiger partial charge in [0.1, 0.15) is 6.61 Å². The molecule has 0 bridgehead atoms. The Morgan fingerprint density at radius 3 is 0.667 bits per heavy atom. The fraction of sp³-hybridized carbons (Fsp3) is 0.529. The number of aliphatic hydroxyl groups is 1. The number of carbonyl (C=O) groups is 2. The Morgan fingerprint density at radius 2 is 0.444 bits per heavy atom. The average Bonchev–Trinajstić information content (AvgIpc) is 3.58. The van der Waals surface area contributed by atoms with E-state index >= 15 is 0 Å². The molecule has 0 radical (unpaired) electrons. The topological polar surface area (TPSA) is 72.8 Å². The lowest BCUT2D eigenvalue weighted by molar-refractivity contribution is -0.161. The molecule has 1 unspecified atom stereocenters. The van der Waals surface area contributed by atoms with Gasteiger partial charge < -0.3 is 14.6 Å². The smallest absolute Gasteiger partial charge is 0.306 e. The molecular formula is C85H130O5. The summed E-state index contributed by atoms with van der Waals surface area (Å²) in [7, 11) is 0. The summed E-state index contributed by atoms with van der Waals surface area (Å²) in [4.78, 5) is 24.7. The van der Waals surface area contributed by atoms with Crippen LogP contribution in [-0.4, -0.2) is 36.4 Å². The predicted octanol–water partition coefficient (Wildman–Crippen LogP) is 25.6. The molecule has 1 atom stereocenters. The second-order valence-corrected chi connectivity index (χ2v) is 22.8. The maximum Gasteiger partial charge on any atom is 0.306 e. The first-order valence-corrected chi connectivity index (χ1v) is 35.9. The van der Waals surface area contributed by atoms with Gasteiger partial charge in [0.05, 0.1) is 6.61 Å². The summed E-state index contributed by atoms with van der Waals surface area (Å²) in [5.74, 6) is -0.634. The van der Waals surface area contributed by atoms with Crippen LogP contribution in [0.15, 0.2) is 231 Å². The normalized spacial score (nSPS) is 13.7. The number of hydrogen-bond donors (Lipinski definition) is 1. The number of rotatable bonds is 63. The standard InChI is InChI=1S/C85H130O5/c1-3-5-7-9-11-13-15-17-19-21-23-25-27-29-31-33-35-37-39-40-41-42-43-44-46-47-49-51-53-55-57-59-61-63-65-67-69-71-73-75-77-79-84(87)89-82-83(81-86)90-85(88)80-78-76-74-72-70-68-66-64-62-60-58-56-54-52-50-48-45-38-36-34-32-30-28-26-24-22-20-18-16-14-12-10-8-6-4-2/h5-8,11-14,17-20,23-26,29-32,35-38,40-41,43-44,47-50,54,56,60,62,66,68,83,86H,3-4,9-10,15-16,21-22,27-28,33-34,39,42,45-46,51-53,55,57-59,61,63-65,67,69-82H2,1-2H3/b7-5-,8-6-,13-11-,14-12-,19-17-,20-18-,25-23-,26-24-,31-29-,32-30-,37-35-,38-36-,41-40-,44-43-,49-47-,50-48-,56-54-,62-60-,68-66-. The Bertz CT molecular complexity index is 2180. The lowest BCUT2D eigenvalue weighted by atomic mass is 10.0. The molecule has 0 rings (SSSR count). The summed E-state index contributed by atoms with van der Waals surface area (Å²) in [5, 5.41) is 9.71. The summed E-state index contributed by atoms with van der Waals surface area (Å²) in [5.41, 5.74) is 0. The van der Waals surface area contributed by atoms with Gasteiger partial charge in [-0.2, -0.15) is 0 Å². The van der Waals surface area contributed by atoms with Crippen LogP contribution in [0.25, 0.3) is 0 Å². The summed E-state index contributed by atoms with van der Waals surface area (Å²) >= 11 is 0. The van der Waals surface area contributed by atoms with Crippen molar-refractivity contribution in [1.82, 2.24) is 0 Å². The van der Waals surface area contributed by atoms with Crippen molar-refractivity contribution in [2.75, 3.05) is 13.2 Å². The highest BCUT2D eigenvalue weighted by Gasteiger charge is 2.16. The van der Waals surface area contributed by atoms with Crippen LogP contribution in [0, 0.1) is 0 Å². The lowest BCUT2D eigenvalue weighted by Gasteiger charge is -2.15. The molecule has 0 saturated carbocycles. The van der Waals surface area contributed by atoms with Gasteiger partial charge in [-0.05, 0) is 161 Å². The van der Waals surface area contributed by atoms with Crippen molar-refractivity contribution in [2.45, 2.75) is 277 Å². The van der Waals surface area contributed by atoms with Crippen LogP contribution in [0.1, 0.15) is 271 Å². The highest BCUT2D eigenvalue weighted by molar-refractivity contribution is 5.70. The zero-order valence-corrected chi connectivity index (χ0v) is 57.3. The van der Waals surface area contributed by atoms with Gasteiger partial charge in [0.15, 0.2) is 6.10 Å². The van der Waals surface area contributed by atoms with Crippen molar-refractivity contribution in [1.29, 1.82) is 0 Å². The van der Waals surface area contributed by atoms with Crippen LogP contribution in [0.4, 0.5) is 0 Å². The van der Waals surface area contributed by atoms with Crippen LogP contribution in [-0.2, 0) is 19.1 Å². The molecule has 0 aromatic carbocycles. The highest BCUT2D eigenvalue weighted by Crippen LogP contribution is 2.15. The van der Waals surface area contributed by atoms with Crippen molar-refractivity contribution in [3.63, 3.8) is 0 Å². The Labute approximate surface area is 554 Å². The first-order valence-electron chi connectivity index (χ1n) is 35.9. The highest BCUT2D eigenvalue weighted by atomic mass is 16.6. The molecule has 500 valence electrons. The fourth-order valence-electron chi connectivity index (χ4n) is 9.16. The molecule has 0 saturated heterocycles. The number of carbonyl (C=O) groups excluding carboxylic acids is 2. The van der Waals surface area contributed by atoms with E-state index in [1.165, 1.54) is 70.6 Å². The molecule has 0 heterocycles. The van der Waals surface area contributed by atoms with Gasteiger partial charge in [0.2, 0.25) is 0 Å². The maximum absolute atomic E-state index is 12.4. The number of hydrogen-bond acceptors (Lipinski definition) is 5. The Morgan fingerprint density at radius 1 is 0.256 bits per heavy atom. The molecule has 0 aliphatic carbocycles. The van der Waals surface area contributed by atoms with Gasteiger partial charge in [-0.3, -0.25) is 9.59 Å². The van der Waals surface area contributed by atoms with Crippen molar-refractivity contribution < 1.29 is 24.2 Å². The van der Waals surface area contributed by atoms with Gasteiger partial charge in [-0.15, -0.1) is 0 Å². The Balaban J connectivity index is 3.63. The fourth-order valence-corrected chi connectivity index (χ4v) is 9.16. The van der Waals surface area contributed by atoms with E-state index in [-0.39, 0.29) is 25.2 Å². The summed E-state index contributed by atoms with van der Waals surface area (Å²) in [6.07, 6.45) is 126. The third kappa shape index (κ3) is 74.4. The van der Waals surface area contributed by atoms with Gasteiger partial charge in [0, 0.05) is 12.8 Å². The molecular weight excluding hydrogens is 1100 g/mol. The van der Waals surface area contributed by atoms with E-state index in [2.05, 4.69) is 245 Å². The minimum Gasteiger partial charge on any atom is -0.462 e. The van der Waals surface area contributed by atoms with E-state index < -0.39 is 6.10 Å². The maximum atomic E-state index is 12.4. The average molecular weight is 1230 g/mol. The van der Waals surface area contributed by atoms with Gasteiger partial charge in [-0.1, -0.05) is 328 Å². The van der Waals surface area contributed by atoms with E-state index in [0.29, 0.717) is 12.8 Å². The number of esters is 2. The zero-order chi connectivity index (χ0) is 64.7. The van der Waals surface area contributed by atoms with Crippen LogP contribution in [0.2, 0.25) is 0 Å². The second kappa shape index (κ2) is 77.2. The van der Waals surface area contributed by atoms with Crippen LogP contribution in [0.3, 0.4) is 0 Å². The molecule has 0 aliphatic rings. The molecule has 0 amide bonds. The number of allylic oxidation sites excluding steroid dienone is 38. The zero-order valence-electron chi connectivity index (χ0n) is 57.3. The van der Waals surface area contributed by atoms with Gasteiger partial charge in [0.25, 0.3) is 0 Å². The number of aliphatic hydroxyl groups excluding tert-OH is 1. The van der Waals surface area contributed by atoms with Gasteiger partial charge >= 0.3 is 11.9 Å². The van der Waals surface area contributed by atoms with Crippen molar-refractivity contribution >= 4 is 11.9 Å². The summed E-state index contributed by atoms with van der Waals surface area (Å²) in [6.45, 7) is 3.88. The first kappa shape index (κ1) is 84.0. The van der Waals surface area contributed by atoms with E-state index in [4.69, 9.17) is 9.47 Å². The van der Waals surface area contributed by atoms with Gasteiger partial charge in [-0.25, -0.2) is 0 Å². The second-order valence-electron chi connectivity index (χ2n) is 22.8. The number of unbranched alkanes of at least 4 members (excludes halogenated alkanes) is 17. The third-order valence-corrected chi connectivity index (χ3v) is 14.5. The molecule has 5 heteroatoms. The number of ether oxygens (including phenoxy) is 2. The monoisotopic (exact) mass is 1230 g/mol. The summed E-state index contributed by atoms with van der Waals surface area (Å²) in [6, 6.07) is 0. The van der Waals surface area contributed by atoms with E-state index in [1.54, 1.807) is 0 Å². The SMILES string of the molecule is CC/C=C\C/C=C\C/C=C\C/C=C\C/C=C\C/C=C\C/C=C\C/C=C\C/C=C\C/C=C\CCCCCCC(=O)OC(CO)COC(=O)CCCCCCCCCCCCCCC/C=C\C/C=C\C/C=C\C/C=C\C/C=C\C/C=C\C/C=C\C/C=C\C/C=C\CC. The van der Waals surface area contributed by atoms with Crippen LogP contribution >= 0.6 is 0 Å². The van der Waals surface area contributed by atoms with E-state index in [0.717, 1.165) is 173 Å². The Kier molecular flexibility index (Phi) is 72.0. The van der Waals surface area contributed by atoms with Crippen molar-refractivity contribution in [3.8, 4) is 0 Å². The molecule has 0 spiro atoms. The third-order valence-electron chi connectivity index (χ3n) is 14.5. The quantitative estimate of drug-likeness (QED) is 0.0373. The minimum atomic E-state index is -0.805. The molecule has 0 aromatic heterocycles. The molecule has 0 aromatic rings. The lowest BCUT2D eigenvalue weighted by Crippen LogP contribution is -2.28. The summed E-state index contributed by atoms with van der Waals surface area (Å²) < 4.78 is 10.7. The predicted molar refractivity (Wildman–Crippen MR) is 398 cm³/mol. The largest absolute Gasteiger partial charge is 0.462 e. The van der Waals surface area contributed by atoms with Crippen molar-refractivity contribution in [3.05, 3.63) is 231 Å². The molecule has 0 aliphatic heterocycles. The van der Waals surface area contributed by atoms with Crippen molar-refractivity contribution in [2.24, 2.45) is 0 Å². The molecule has 90 heavy (non-hydrogen) atoms. The van der Waals surface area contributed by atoms with Crippen LogP contribution in [0.5, 0.6) is 0 Å². The first-order chi connectivity index (χ1) is 44.6. The molecule has 0 fully saturated rings. The minimum absolute atomic E-state index is 0.0909. The molecule has 5 nitrogen and oxygen atoms in total. The van der Waals surface area contributed by atoms with E-state index in [1.807, 2.05) is 0 Å². The Hall–Kier alpha value is -6.04. The van der Waals surface area contributed by atoms with E-state index in [9.17, 15) is 14.7 Å². The van der Waals surface area contributed by atoms with Crippen LogP contribution < -0.4 is 0 Å².